The molecule has 0 aromatic heterocycles. The van der Waals surface area contributed by atoms with Gasteiger partial charge in [0.05, 0.1) is 37.8 Å². The maximum Gasteiger partial charge on any atom is 0.119 e. The van der Waals surface area contributed by atoms with Crippen molar-refractivity contribution < 1.29 is 43.0 Å². The fraction of sp³-hybridized carbons (Fsp3) is 0.406. The highest BCUT2D eigenvalue weighted by atomic mass is 16.6. The van der Waals surface area contributed by atoms with E-state index < -0.39 is 0 Å². The van der Waals surface area contributed by atoms with Crippen LogP contribution in [0.3, 0.4) is 0 Å². The van der Waals surface area contributed by atoms with E-state index in [2.05, 4.69) is 79.4 Å². The van der Waals surface area contributed by atoms with Crippen LogP contribution in [0.4, 0.5) is 0 Å². The first-order valence-electron chi connectivity index (χ1n) is 26.7. The molecule has 6 aromatic carbocycles. The SMILES string of the molecule is C=COCCCc1ccc(OCc2ccccc2)cc1.Oc1ccc(CCCOC2CC2)cc1.c1cc(OC[C@@H]2CO2)ccc1CCCOC1CC1.c1ccc(COc2ccc(CCCOC3CC3)cc2)cc1. The molecule has 10 rings (SSSR count). The summed E-state index contributed by atoms with van der Waals surface area (Å²) in [6, 6.07) is 52.8. The van der Waals surface area contributed by atoms with Gasteiger partial charge in [-0.3, -0.25) is 0 Å². The Labute approximate surface area is 435 Å². The predicted octanol–water partition coefficient (Wildman–Crippen LogP) is 13.8. The molecule has 388 valence electrons. The molecule has 0 bridgehead atoms. The van der Waals surface area contributed by atoms with Crippen molar-refractivity contribution in [1.29, 1.82) is 0 Å². The second-order valence-corrected chi connectivity index (χ2v) is 19.1. The van der Waals surface area contributed by atoms with Crippen molar-refractivity contribution in [3.63, 3.8) is 0 Å². The van der Waals surface area contributed by atoms with E-state index in [0.717, 1.165) is 102 Å². The molecule has 1 N–H and O–H groups in total. The smallest absolute Gasteiger partial charge is 0.119 e. The summed E-state index contributed by atoms with van der Waals surface area (Å²) in [5.41, 5.74) is 7.63. The van der Waals surface area contributed by atoms with Crippen molar-refractivity contribution in [3.05, 3.63) is 204 Å². The lowest BCUT2D eigenvalue weighted by Crippen LogP contribution is -2.04. The molecule has 9 heteroatoms. The van der Waals surface area contributed by atoms with E-state index >= 15 is 0 Å². The Bertz CT molecular complexity index is 2340. The standard InChI is InChI=1S/C19H22O2.C18H20O2.C15H20O3.C12H16O2/c1-2-5-17(6-3-1)15-21-19-10-8-16(9-11-19)7-4-14-20-18-12-13-18;1-2-19-14-6-9-16-10-12-18(13-11-16)20-15-17-7-4-3-5-8-17;1(9-16-13-7-8-13)2-12-3-5-14(6-4-12)17-10-15-11-18-15;13-11-5-3-10(4-6-11)2-1-9-14-12-7-8-12/h1-3,5-6,8-11,18H,4,7,12-15H2;2-5,7-8,10-13H,1,6,9,14-15H2;3-6,13,15H,1-2,7-11H2;3-6,12-13H,1-2,7-9H2/t;;15-;/m..1./s1. The zero-order valence-corrected chi connectivity index (χ0v) is 42.9. The average Bonchev–Trinajstić information content (AvgIpc) is 4.19. The first-order valence-corrected chi connectivity index (χ1v) is 26.7. The molecular formula is C64H78O9. The number of rotatable bonds is 29. The van der Waals surface area contributed by atoms with Gasteiger partial charge in [-0.05, 0) is 172 Å². The highest BCUT2D eigenvalue weighted by molar-refractivity contribution is 5.30. The quantitative estimate of drug-likeness (QED) is 0.0280. The molecule has 3 aliphatic carbocycles. The molecular weight excluding hydrogens is 913 g/mol. The summed E-state index contributed by atoms with van der Waals surface area (Å²) in [6.07, 6.45) is 19.5. The van der Waals surface area contributed by atoms with Crippen LogP contribution < -0.4 is 14.2 Å². The largest absolute Gasteiger partial charge is 0.508 e. The van der Waals surface area contributed by atoms with E-state index in [1.165, 1.54) is 78.2 Å². The van der Waals surface area contributed by atoms with E-state index in [1.807, 2.05) is 72.8 Å². The second-order valence-electron chi connectivity index (χ2n) is 19.1. The van der Waals surface area contributed by atoms with Crippen molar-refractivity contribution in [2.75, 3.05) is 39.6 Å². The number of hydrogen-bond acceptors (Lipinski definition) is 9. The zero-order valence-electron chi connectivity index (χ0n) is 42.9. The van der Waals surface area contributed by atoms with E-state index in [0.29, 0.717) is 50.0 Å². The lowest BCUT2D eigenvalue weighted by Gasteiger charge is -2.07. The number of phenolic OH excluding ortho intramolecular Hbond substituents is 1. The van der Waals surface area contributed by atoms with Crippen molar-refractivity contribution in [1.82, 2.24) is 0 Å². The fourth-order valence-electron chi connectivity index (χ4n) is 7.48. The van der Waals surface area contributed by atoms with Gasteiger partial charge in [0, 0.05) is 19.8 Å². The number of benzene rings is 6. The van der Waals surface area contributed by atoms with E-state index in [4.69, 9.17) is 43.0 Å². The van der Waals surface area contributed by atoms with E-state index in [-0.39, 0.29) is 0 Å². The normalized spacial score (nSPS) is 15.2. The Morgan fingerprint density at radius 2 is 0.767 bits per heavy atom. The van der Waals surface area contributed by atoms with E-state index in [1.54, 1.807) is 12.1 Å². The number of ether oxygens (including phenoxy) is 8. The molecule has 3 saturated carbocycles. The lowest BCUT2D eigenvalue weighted by molar-refractivity contribution is 0.117. The molecule has 1 heterocycles. The minimum atomic E-state index is 0.323. The van der Waals surface area contributed by atoms with Crippen LogP contribution in [0.1, 0.15) is 97.6 Å². The highest BCUT2D eigenvalue weighted by Crippen LogP contribution is 2.26. The Hall–Kier alpha value is -6.10. The Morgan fingerprint density at radius 3 is 1.11 bits per heavy atom. The maximum atomic E-state index is 9.08. The number of epoxide rings is 1. The Balaban J connectivity index is 0.000000144. The molecule has 73 heavy (non-hydrogen) atoms. The molecule has 0 radical (unpaired) electrons. The van der Waals surface area contributed by atoms with Gasteiger partial charge in [0.15, 0.2) is 0 Å². The van der Waals surface area contributed by atoms with Crippen LogP contribution in [0, 0.1) is 0 Å². The summed E-state index contributed by atoms with van der Waals surface area (Å²) in [7, 11) is 0. The van der Waals surface area contributed by atoms with Crippen LogP contribution >= 0.6 is 0 Å². The molecule has 1 saturated heterocycles. The molecule has 0 spiro atoms. The number of aryl methyl sites for hydroxylation is 4. The Kier molecular flexibility index (Phi) is 24.1. The molecule has 4 aliphatic rings. The first kappa shape index (κ1) is 54.7. The van der Waals surface area contributed by atoms with Gasteiger partial charge in [0.25, 0.3) is 0 Å². The summed E-state index contributed by atoms with van der Waals surface area (Å²) in [5.74, 6) is 3.10. The summed E-state index contributed by atoms with van der Waals surface area (Å²) >= 11 is 0. The third-order valence-corrected chi connectivity index (χ3v) is 12.3. The summed E-state index contributed by atoms with van der Waals surface area (Å²) in [4.78, 5) is 0. The van der Waals surface area contributed by atoms with Crippen LogP contribution in [0.2, 0.25) is 0 Å². The van der Waals surface area contributed by atoms with Crippen molar-refractivity contribution >= 4 is 0 Å². The minimum absolute atomic E-state index is 0.323. The number of phenols is 1. The fourth-order valence-corrected chi connectivity index (χ4v) is 7.48. The molecule has 0 amide bonds. The molecule has 1 aliphatic heterocycles. The maximum absolute atomic E-state index is 9.08. The van der Waals surface area contributed by atoms with Crippen LogP contribution in [0.15, 0.2) is 171 Å². The topological polar surface area (TPSA) is 97.4 Å². The monoisotopic (exact) mass is 991 g/mol. The van der Waals surface area contributed by atoms with Crippen LogP contribution in [0.25, 0.3) is 0 Å². The van der Waals surface area contributed by atoms with Gasteiger partial charge in [0.1, 0.15) is 48.9 Å². The number of hydrogen-bond donors (Lipinski definition) is 1. The van der Waals surface area contributed by atoms with Gasteiger partial charge in [0.2, 0.25) is 0 Å². The number of aromatic hydroxyl groups is 1. The molecule has 1 atom stereocenters. The summed E-state index contributed by atoms with van der Waals surface area (Å²) < 4.78 is 44.2. The van der Waals surface area contributed by atoms with Gasteiger partial charge in [-0.2, -0.15) is 0 Å². The molecule has 9 nitrogen and oxygen atoms in total. The summed E-state index contributed by atoms with van der Waals surface area (Å²) in [6.45, 7) is 9.63. The van der Waals surface area contributed by atoms with Gasteiger partial charge >= 0.3 is 0 Å². The lowest BCUT2D eigenvalue weighted by atomic mass is 10.1. The second kappa shape index (κ2) is 32.2. The van der Waals surface area contributed by atoms with E-state index in [9.17, 15) is 0 Å². The predicted molar refractivity (Wildman–Crippen MR) is 291 cm³/mol. The molecule has 4 fully saturated rings. The first-order chi connectivity index (χ1) is 36.0. The third kappa shape index (κ3) is 24.9. The van der Waals surface area contributed by atoms with Gasteiger partial charge in [-0.25, -0.2) is 0 Å². The van der Waals surface area contributed by atoms with Crippen LogP contribution in [0.5, 0.6) is 23.0 Å². The Morgan fingerprint density at radius 1 is 0.425 bits per heavy atom. The molecule has 0 unspecified atom stereocenters. The van der Waals surface area contributed by atoms with Gasteiger partial charge < -0.3 is 43.0 Å². The minimum Gasteiger partial charge on any atom is -0.508 e. The molecule has 6 aromatic rings. The van der Waals surface area contributed by atoms with Gasteiger partial charge in [-0.1, -0.05) is 116 Å². The van der Waals surface area contributed by atoms with Crippen LogP contribution in [-0.2, 0) is 62.6 Å². The average molecular weight is 991 g/mol. The third-order valence-electron chi connectivity index (χ3n) is 12.3. The summed E-state index contributed by atoms with van der Waals surface area (Å²) in [5, 5.41) is 9.08. The van der Waals surface area contributed by atoms with Crippen molar-refractivity contribution in [2.45, 2.75) is 128 Å². The van der Waals surface area contributed by atoms with Crippen molar-refractivity contribution in [3.8, 4) is 23.0 Å². The highest BCUT2D eigenvalue weighted by Gasteiger charge is 2.24. The van der Waals surface area contributed by atoms with Crippen molar-refractivity contribution in [2.24, 2.45) is 0 Å². The van der Waals surface area contributed by atoms with Gasteiger partial charge in [-0.15, -0.1) is 0 Å². The zero-order chi connectivity index (χ0) is 50.4. The van der Waals surface area contributed by atoms with Crippen LogP contribution in [-0.4, -0.2) is 69.2 Å².